The van der Waals surface area contributed by atoms with Crippen LogP contribution in [0.15, 0.2) is 48.5 Å². The van der Waals surface area contributed by atoms with Gasteiger partial charge in [0.1, 0.15) is 11.5 Å². The predicted molar refractivity (Wildman–Crippen MR) is 125 cm³/mol. The van der Waals surface area contributed by atoms with Crippen LogP contribution < -0.4 is 9.47 Å². The molecule has 172 valence electrons. The maximum absolute atomic E-state index is 13.0. The highest BCUT2D eigenvalue weighted by Gasteiger charge is 2.32. The van der Waals surface area contributed by atoms with Crippen LogP contribution in [0.2, 0.25) is 0 Å². The molecule has 1 saturated heterocycles. The molecule has 0 aliphatic carbocycles. The van der Waals surface area contributed by atoms with Gasteiger partial charge in [0.05, 0.1) is 0 Å². The molecule has 0 bridgehead atoms. The molecule has 0 aromatic heterocycles. The zero-order chi connectivity index (χ0) is 23.1. The van der Waals surface area contributed by atoms with E-state index in [4.69, 9.17) is 9.47 Å². The third-order valence-electron chi connectivity index (χ3n) is 5.79. The third-order valence-corrected chi connectivity index (χ3v) is 5.79. The first kappa shape index (κ1) is 23.6. The van der Waals surface area contributed by atoms with Crippen molar-refractivity contribution in [3.05, 3.63) is 59.7 Å². The molecule has 0 radical (unpaired) electrons. The summed E-state index contributed by atoms with van der Waals surface area (Å²) in [6.07, 6.45) is 0.143. The Bertz CT molecular complexity index is 812. The number of rotatable bonds is 8. The Kier molecular flexibility index (Phi) is 8.14. The average Bonchev–Trinajstić information content (AvgIpc) is 2.82. The maximum atomic E-state index is 13.0. The summed E-state index contributed by atoms with van der Waals surface area (Å²) in [6, 6.07) is 15.4. The van der Waals surface area contributed by atoms with E-state index in [0.29, 0.717) is 50.5 Å². The van der Waals surface area contributed by atoms with Crippen molar-refractivity contribution in [3.8, 4) is 11.5 Å². The summed E-state index contributed by atoms with van der Waals surface area (Å²) < 4.78 is 11.9. The lowest BCUT2D eigenvalue weighted by atomic mass is 10.1. The molecular formula is C26H34N2O4. The molecule has 0 saturated carbocycles. The van der Waals surface area contributed by atoms with Gasteiger partial charge >= 0.3 is 0 Å². The summed E-state index contributed by atoms with van der Waals surface area (Å²) in [4.78, 5) is 29.6. The van der Waals surface area contributed by atoms with Crippen molar-refractivity contribution >= 4 is 11.8 Å². The van der Waals surface area contributed by atoms with E-state index in [1.807, 2.05) is 76.2 Å². The molecule has 2 atom stereocenters. The smallest absolute Gasteiger partial charge is 0.263 e. The van der Waals surface area contributed by atoms with Crippen molar-refractivity contribution in [2.24, 2.45) is 0 Å². The number of carbonyl (C=O) groups is 2. The summed E-state index contributed by atoms with van der Waals surface area (Å²) in [5.74, 6) is 1.35. The number of nitrogens with zero attached hydrogens (tertiary/aromatic N) is 2. The standard InChI is InChI=1S/C26H34N2O4/c1-5-23(31-21-11-7-19(3)8-12-21)25(29)27-15-17-28(18-16-27)26(30)24(6-2)32-22-13-9-20(4)10-14-22/h7-14,23-24H,5-6,15-18H2,1-4H3. The van der Waals surface area contributed by atoms with E-state index in [1.165, 1.54) is 0 Å². The molecule has 3 rings (SSSR count). The Morgan fingerprint density at radius 2 is 1.00 bits per heavy atom. The van der Waals surface area contributed by atoms with E-state index in [-0.39, 0.29) is 11.8 Å². The van der Waals surface area contributed by atoms with Crippen LogP contribution in [0.1, 0.15) is 37.8 Å². The number of aryl methyl sites for hydroxylation is 2. The quantitative estimate of drug-likeness (QED) is 0.625. The van der Waals surface area contributed by atoms with E-state index in [0.717, 1.165) is 11.1 Å². The second-order valence-electron chi connectivity index (χ2n) is 8.31. The summed E-state index contributed by atoms with van der Waals surface area (Å²) in [5, 5.41) is 0. The number of benzene rings is 2. The second kappa shape index (κ2) is 11.0. The van der Waals surface area contributed by atoms with E-state index in [1.54, 1.807) is 9.80 Å². The number of ether oxygens (including phenoxy) is 2. The van der Waals surface area contributed by atoms with Gasteiger partial charge in [0.15, 0.2) is 12.2 Å². The SMILES string of the molecule is CCC(Oc1ccc(C)cc1)C(=O)N1CCN(C(=O)C(CC)Oc2ccc(C)cc2)CC1. The fraction of sp³-hybridized carbons (Fsp3) is 0.462. The van der Waals surface area contributed by atoms with Gasteiger partial charge in [0, 0.05) is 26.2 Å². The summed E-state index contributed by atoms with van der Waals surface area (Å²) in [7, 11) is 0. The molecule has 1 fully saturated rings. The number of amides is 2. The zero-order valence-corrected chi connectivity index (χ0v) is 19.5. The summed E-state index contributed by atoms with van der Waals surface area (Å²) >= 11 is 0. The highest BCUT2D eigenvalue weighted by Crippen LogP contribution is 2.19. The van der Waals surface area contributed by atoms with E-state index < -0.39 is 12.2 Å². The lowest BCUT2D eigenvalue weighted by molar-refractivity contribution is -0.147. The van der Waals surface area contributed by atoms with Gasteiger partial charge < -0.3 is 19.3 Å². The Balaban J connectivity index is 1.54. The lowest BCUT2D eigenvalue weighted by Gasteiger charge is -2.37. The minimum atomic E-state index is -0.520. The minimum absolute atomic E-state index is 0.0249. The van der Waals surface area contributed by atoms with Crippen LogP contribution in [0.5, 0.6) is 11.5 Å². The van der Waals surface area contributed by atoms with Crippen molar-refractivity contribution < 1.29 is 19.1 Å². The van der Waals surface area contributed by atoms with Crippen molar-refractivity contribution in [1.82, 2.24) is 9.80 Å². The molecule has 2 aromatic rings. The van der Waals surface area contributed by atoms with Crippen molar-refractivity contribution in [1.29, 1.82) is 0 Å². The predicted octanol–water partition coefficient (Wildman–Crippen LogP) is 3.99. The number of carbonyl (C=O) groups excluding carboxylic acids is 2. The van der Waals surface area contributed by atoms with Gasteiger partial charge in [0.2, 0.25) is 0 Å². The van der Waals surface area contributed by atoms with Gasteiger partial charge in [0.25, 0.3) is 11.8 Å². The molecule has 1 heterocycles. The maximum Gasteiger partial charge on any atom is 0.263 e. The normalized spacial score (nSPS) is 15.8. The van der Waals surface area contributed by atoms with E-state index in [9.17, 15) is 9.59 Å². The lowest BCUT2D eigenvalue weighted by Crippen LogP contribution is -2.55. The molecule has 32 heavy (non-hydrogen) atoms. The number of piperazine rings is 1. The monoisotopic (exact) mass is 438 g/mol. The third kappa shape index (κ3) is 6.02. The van der Waals surface area contributed by atoms with Crippen LogP contribution in [0, 0.1) is 13.8 Å². The Morgan fingerprint density at radius 1 is 0.688 bits per heavy atom. The topological polar surface area (TPSA) is 59.1 Å². The molecule has 1 aliphatic heterocycles. The molecule has 2 aromatic carbocycles. The molecular weight excluding hydrogens is 404 g/mol. The van der Waals surface area contributed by atoms with Gasteiger partial charge in [-0.2, -0.15) is 0 Å². The molecule has 0 spiro atoms. The van der Waals surface area contributed by atoms with Crippen molar-refractivity contribution in [2.75, 3.05) is 26.2 Å². The highest BCUT2D eigenvalue weighted by molar-refractivity contribution is 5.83. The Labute approximate surface area is 191 Å². The number of hydrogen-bond donors (Lipinski definition) is 0. The van der Waals surface area contributed by atoms with Crippen LogP contribution >= 0.6 is 0 Å². The first-order chi connectivity index (χ1) is 15.4. The summed E-state index contributed by atoms with van der Waals surface area (Å²) in [6.45, 7) is 9.93. The van der Waals surface area contributed by atoms with E-state index in [2.05, 4.69) is 0 Å². The van der Waals surface area contributed by atoms with Crippen LogP contribution in [0.3, 0.4) is 0 Å². The summed E-state index contributed by atoms with van der Waals surface area (Å²) in [5.41, 5.74) is 2.29. The molecule has 0 N–H and O–H groups in total. The van der Waals surface area contributed by atoms with Gasteiger partial charge in [-0.1, -0.05) is 49.2 Å². The first-order valence-corrected chi connectivity index (χ1v) is 11.5. The Hall–Kier alpha value is -3.02. The zero-order valence-electron chi connectivity index (χ0n) is 19.5. The minimum Gasteiger partial charge on any atom is -0.481 e. The van der Waals surface area contributed by atoms with Crippen LogP contribution in [-0.4, -0.2) is 60.0 Å². The van der Waals surface area contributed by atoms with Crippen LogP contribution in [0.4, 0.5) is 0 Å². The number of hydrogen-bond acceptors (Lipinski definition) is 4. The molecule has 6 nitrogen and oxygen atoms in total. The van der Waals surface area contributed by atoms with Crippen molar-refractivity contribution in [2.45, 2.75) is 52.7 Å². The largest absolute Gasteiger partial charge is 0.481 e. The molecule has 2 unspecified atom stereocenters. The molecule has 1 aliphatic rings. The molecule has 2 amide bonds. The first-order valence-electron chi connectivity index (χ1n) is 11.5. The van der Waals surface area contributed by atoms with Crippen LogP contribution in [-0.2, 0) is 9.59 Å². The fourth-order valence-electron chi connectivity index (χ4n) is 3.73. The molecule has 6 heteroatoms. The fourth-order valence-corrected chi connectivity index (χ4v) is 3.73. The second-order valence-corrected chi connectivity index (χ2v) is 8.31. The van der Waals surface area contributed by atoms with Gasteiger partial charge in [-0.05, 0) is 51.0 Å². The van der Waals surface area contributed by atoms with Crippen molar-refractivity contribution in [3.63, 3.8) is 0 Å². The van der Waals surface area contributed by atoms with Gasteiger partial charge in [-0.25, -0.2) is 0 Å². The average molecular weight is 439 g/mol. The highest BCUT2D eigenvalue weighted by atomic mass is 16.5. The van der Waals surface area contributed by atoms with Gasteiger partial charge in [-0.3, -0.25) is 9.59 Å². The van der Waals surface area contributed by atoms with Crippen LogP contribution in [0.25, 0.3) is 0 Å². The van der Waals surface area contributed by atoms with E-state index >= 15 is 0 Å². The Morgan fingerprint density at radius 3 is 1.28 bits per heavy atom. The van der Waals surface area contributed by atoms with Gasteiger partial charge in [-0.15, -0.1) is 0 Å².